The van der Waals surface area contributed by atoms with Gasteiger partial charge in [-0.05, 0) is 49.7 Å². The Morgan fingerprint density at radius 1 is 1.27 bits per heavy atom. The number of amides is 1. The third-order valence-corrected chi connectivity index (χ3v) is 5.40. The molecule has 2 fully saturated rings. The highest BCUT2D eigenvalue weighted by Crippen LogP contribution is 2.39. The number of fused-ring (bicyclic) bond motifs is 3. The van der Waals surface area contributed by atoms with Crippen molar-refractivity contribution in [2.75, 3.05) is 0 Å². The van der Waals surface area contributed by atoms with Crippen LogP contribution in [0.1, 0.15) is 42.5 Å². The second kappa shape index (κ2) is 5.39. The van der Waals surface area contributed by atoms with Gasteiger partial charge in [0.2, 0.25) is 0 Å². The Labute approximate surface area is 129 Å². The molecule has 0 aliphatic heterocycles. The molecule has 2 aromatic rings. The molecule has 2 bridgehead atoms. The van der Waals surface area contributed by atoms with Gasteiger partial charge in [0, 0.05) is 17.5 Å². The summed E-state index contributed by atoms with van der Waals surface area (Å²) >= 11 is 0. The van der Waals surface area contributed by atoms with E-state index in [4.69, 9.17) is 5.73 Å². The van der Waals surface area contributed by atoms with Crippen LogP contribution in [0.2, 0.25) is 0 Å². The number of hydrogen-bond donors (Lipinski definition) is 3. The first kappa shape index (κ1) is 13.8. The van der Waals surface area contributed by atoms with Gasteiger partial charge in [-0.25, -0.2) is 0 Å². The van der Waals surface area contributed by atoms with Crippen LogP contribution in [0.15, 0.2) is 24.4 Å². The summed E-state index contributed by atoms with van der Waals surface area (Å²) in [5.74, 6) is 1.09. The van der Waals surface area contributed by atoms with Gasteiger partial charge in [0.1, 0.15) is 0 Å². The number of H-pyrrole nitrogens is 1. The number of nitrogens with two attached hydrogens (primary N) is 1. The number of rotatable bonds is 2. The molecule has 0 radical (unpaired) electrons. The van der Waals surface area contributed by atoms with Gasteiger partial charge in [-0.1, -0.05) is 12.5 Å². The highest BCUT2D eigenvalue weighted by atomic mass is 16.1. The Morgan fingerprint density at radius 3 is 2.82 bits per heavy atom. The average molecular weight is 298 g/mol. The quantitative estimate of drug-likeness (QED) is 0.794. The zero-order valence-electron chi connectivity index (χ0n) is 12.6. The number of carbonyl (C=O) groups excluding carboxylic acids is 1. The lowest BCUT2D eigenvalue weighted by Crippen LogP contribution is -2.53. The molecule has 0 saturated heterocycles. The van der Waals surface area contributed by atoms with Crippen molar-refractivity contribution in [3.63, 3.8) is 0 Å². The van der Waals surface area contributed by atoms with Gasteiger partial charge in [0.15, 0.2) is 0 Å². The average Bonchev–Trinajstić information content (AvgIpc) is 2.96. The zero-order valence-corrected chi connectivity index (χ0v) is 12.6. The second-order valence-electron chi connectivity index (χ2n) is 6.82. The molecule has 2 saturated carbocycles. The molecule has 2 atom stereocenters. The lowest BCUT2D eigenvalue weighted by atomic mass is 9.67. The number of aromatic nitrogens is 2. The Hall–Kier alpha value is -1.88. The molecule has 4 N–H and O–H groups in total. The summed E-state index contributed by atoms with van der Waals surface area (Å²) in [6, 6.07) is 6.29. The minimum Gasteiger partial charge on any atom is -0.349 e. The van der Waals surface area contributed by atoms with Crippen LogP contribution in [0.3, 0.4) is 0 Å². The minimum absolute atomic E-state index is 0.0179. The largest absolute Gasteiger partial charge is 0.349 e. The van der Waals surface area contributed by atoms with E-state index in [-0.39, 0.29) is 11.9 Å². The predicted octanol–water partition coefficient (Wildman–Crippen LogP) is 2.20. The summed E-state index contributed by atoms with van der Waals surface area (Å²) in [6.45, 7) is 0. The summed E-state index contributed by atoms with van der Waals surface area (Å²) < 4.78 is 0. The molecule has 116 valence electrons. The Balaban J connectivity index is 1.58. The van der Waals surface area contributed by atoms with E-state index in [1.54, 1.807) is 6.20 Å². The van der Waals surface area contributed by atoms with Crippen molar-refractivity contribution in [2.45, 2.75) is 44.2 Å². The molecule has 2 unspecified atom stereocenters. The van der Waals surface area contributed by atoms with E-state index in [2.05, 4.69) is 15.5 Å². The molecular formula is C17H22N4O. The molecule has 1 amide bonds. The molecule has 0 spiro atoms. The normalized spacial score (nSPS) is 31.1. The van der Waals surface area contributed by atoms with Crippen molar-refractivity contribution < 1.29 is 4.79 Å². The fourth-order valence-electron chi connectivity index (χ4n) is 4.42. The molecule has 4 rings (SSSR count). The molecule has 1 aromatic carbocycles. The lowest BCUT2D eigenvalue weighted by molar-refractivity contribution is 0.0757. The molecular weight excluding hydrogens is 276 g/mol. The van der Waals surface area contributed by atoms with Crippen molar-refractivity contribution in [3.8, 4) is 0 Å². The number of nitrogens with one attached hydrogen (secondary N) is 2. The summed E-state index contributed by atoms with van der Waals surface area (Å²) in [5, 5.41) is 11.1. The van der Waals surface area contributed by atoms with E-state index in [9.17, 15) is 4.79 Å². The van der Waals surface area contributed by atoms with Crippen LogP contribution in [0.5, 0.6) is 0 Å². The second-order valence-corrected chi connectivity index (χ2v) is 6.82. The third kappa shape index (κ3) is 2.29. The number of nitrogens with zero attached hydrogens (tertiary/aromatic N) is 1. The number of benzene rings is 1. The summed E-state index contributed by atoms with van der Waals surface area (Å²) in [7, 11) is 0. The molecule has 5 heteroatoms. The van der Waals surface area contributed by atoms with Crippen molar-refractivity contribution in [1.29, 1.82) is 0 Å². The fraction of sp³-hybridized carbons (Fsp3) is 0.529. The van der Waals surface area contributed by atoms with Crippen LogP contribution in [0.4, 0.5) is 0 Å². The smallest absolute Gasteiger partial charge is 0.252 e. The van der Waals surface area contributed by atoms with E-state index < -0.39 is 0 Å². The number of hydrogen-bond acceptors (Lipinski definition) is 3. The zero-order chi connectivity index (χ0) is 15.1. The maximum atomic E-state index is 12.8. The topological polar surface area (TPSA) is 83.8 Å². The van der Waals surface area contributed by atoms with E-state index in [1.807, 2.05) is 18.2 Å². The number of carbonyl (C=O) groups is 1. The first-order valence-electron chi connectivity index (χ1n) is 8.21. The van der Waals surface area contributed by atoms with Gasteiger partial charge < -0.3 is 11.1 Å². The van der Waals surface area contributed by atoms with Gasteiger partial charge in [0.05, 0.1) is 17.3 Å². The van der Waals surface area contributed by atoms with Crippen LogP contribution < -0.4 is 11.1 Å². The minimum atomic E-state index is 0.0179. The first-order valence-corrected chi connectivity index (χ1v) is 8.21. The van der Waals surface area contributed by atoms with Gasteiger partial charge in [-0.3, -0.25) is 9.89 Å². The van der Waals surface area contributed by atoms with Gasteiger partial charge in [0.25, 0.3) is 5.91 Å². The predicted molar refractivity (Wildman–Crippen MR) is 85.4 cm³/mol. The Morgan fingerprint density at radius 2 is 2.05 bits per heavy atom. The fourth-order valence-corrected chi connectivity index (χ4v) is 4.42. The summed E-state index contributed by atoms with van der Waals surface area (Å²) in [6.07, 6.45) is 7.44. The summed E-state index contributed by atoms with van der Waals surface area (Å²) in [4.78, 5) is 12.8. The standard InChI is InChI=1S/C17H22N4O/c18-12-7-10-3-1-4-11(8-12)16(10)20-17(22)13-5-2-6-15-14(13)9-19-21-15/h2,5-6,9-12,16H,1,3-4,7-8,18H2,(H,19,21)(H,20,22). The van der Waals surface area contributed by atoms with Crippen molar-refractivity contribution in [2.24, 2.45) is 17.6 Å². The van der Waals surface area contributed by atoms with Gasteiger partial charge in [-0.2, -0.15) is 5.10 Å². The van der Waals surface area contributed by atoms with Crippen molar-refractivity contribution >= 4 is 16.8 Å². The van der Waals surface area contributed by atoms with Crippen LogP contribution in [-0.4, -0.2) is 28.2 Å². The summed E-state index contributed by atoms with van der Waals surface area (Å²) in [5.41, 5.74) is 7.77. The maximum Gasteiger partial charge on any atom is 0.252 e. The highest BCUT2D eigenvalue weighted by molar-refractivity contribution is 6.06. The molecule has 1 heterocycles. The maximum absolute atomic E-state index is 12.8. The van der Waals surface area contributed by atoms with Crippen LogP contribution >= 0.6 is 0 Å². The van der Waals surface area contributed by atoms with Crippen LogP contribution in [-0.2, 0) is 0 Å². The third-order valence-electron chi connectivity index (χ3n) is 5.40. The molecule has 5 nitrogen and oxygen atoms in total. The monoisotopic (exact) mass is 298 g/mol. The Bertz CT molecular complexity index is 681. The molecule has 22 heavy (non-hydrogen) atoms. The highest BCUT2D eigenvalue weighted by Gasteiger charge is 2.40. The van der Waals surface area contributed by atoms with Gasteiger partial charge >= 0.3 is 0 Å². The lowest BCUT2D eigenvalue weighted by Gasteiger charge is -2.45. The first-order chi connectivity index (χ1) is 10.7. The molecule has 2 aliphatic carbocycles. The van der Waals surface area contributed by atoms with Gasteiger partial charge in [-0.15, -0.1) is 0 Å². The van der Waals surface area contributed by atoms with Crippen LogP contribution in [0, 0.1) is 11.8 Å². The van der Waals surface area contributed by atoms with E-state index in [0.717, 1.165) is 23.7 Å². The van der Waals surface area contributed by atoms with E-state index in [0.29, 0.717) is 23.4 Å². The van der Waals surface area contributed by atoms with Crippen molar-refractivity contribution in [3.05, 3.63) is 30.0 Å². The molecule has 1 aromatic heterocycles. The van der Waals surface area contributed by atoms with Crippen LogP contribution in [0.25, 0.3) is 10.9 Å². The van der Waals surface area contributed by atoms with Crippen molar-refractivity contribution in [1.82, 2.24) is 15.5 Å². The molecule has 2 aliphatic rings. The van der Waals surface area contributed by atoms with E-state index >= 15 is 0 Å². The Kier molecular flexibility index (Phi) is 3.37. The SMILES string of the molecule is NC1CC2CCCC(C1)C2NC(=O)c1cccc2[nH]ncc12. The number of aromatic amines is 1. The van der Waals surface area contributed by atoms with E-state index in [1.165, 1.54) is 19.3 Å².